The number of carbonyl (C=O) groups excluding carboxylic acids is 1. The van der Waals surface area contributed by atoms with Gasteiger partial charge in [-0.2, -0.15) is 0 Å². The molecular weight excluding hydrogens is 380 g/mol. The maximum Gasteiger partial charge on any atom is 0.339 e. The number of carbonyl (C=O) groups is 1. The summed E-state index contributed by atoms with van der Waals surface area (Å²) in [6, 6.07) is 4.48. The highest BCUT2D eigenvalue weighted by atomic mass is 19.1. The summed E-state index contributed by atoms with van der Waals surface area (Å²) in [4.78, 5) is 24.2. The number of nitrogens with one attached hydrogen (secondary N) is 1. The Bertz CT molecular complexity index is 1020. The molecule has 0 atom stereocenters. The molecule has 0 aromatic carbocycles. The van der Waals surface area contributed by atoms with E-state index in [-0.39, 0.29) is 25.1 Å². The van der Waals surface area contributed by atoms with Crippen molar-refractivity contribution in [3.63, 3.8) is 0 Å². The number of esters is 1. The van der Waals surface area contributed by atoms with Crippen LogP contribution in [-0.2, 0) is 10.2 Å². The van der Waals surface area contributed by atoms with E-state index in [0.29, 0.717) is 17.2 Å². The predicted octanol–water partition coefficient (Wildman–Crippen LogP) is 3.07. The molecule has 29 heavy (non-hydrogen) atoms. The maximum absolute atomic E-state index is 14.2. The van der Waals surface area contributed by atoms with Gasteiger partial charge in [0.15, 0.2) is 0 Å². The van der Waals surface area contributed by atoms with Crippen LogP contribution in [0, 0.1) is 5.82 Å². The van der Waals surface area contributed by atoms with Gasteiger partial charge in [0, 0.05) is 30.6 Å². The molecule has 1 aliphatic carbocycles. The third-order valence-corrected chi connectivity index (χ3v) is 5.12. The quantitative estimate of drug-likeness (QED) is 0.642. The third-order valence-electron chi connectivity index (χ3n) is 5.12. The van der Waals surface area contributed by atoms with Crippen molar-refractivity contribution in [1.29, 1.82) is 0 Å². The highest BCUT2D eigenvalue weighted by Gasteiger charge is 2.48. The summed E-state index contributed by atoms with van der Waals surface area (Å²) in [7, 11) is 1.32. The standard InChI is InChI=1S/C20H19F2N5O2/c1-29-18(28)13-4-6-27(11-13)15-9-24-19(25-10-15)26-12-20(7-14(21)8-20)17-16(22)3-2-5-23-17/h2-6,9-11,14H,7-8,12H2,1H3,(H,24,25,26)/t14-,20-. The first-order valence-electron chi connectivity index (χ1n) is 9.08. The molecule has 3 aromatic heterocycles. The smallest absolute Gasteiger partial charge is 0.339 e. The average molecular weight is 399 g/mol. The van der Waals surface area contributed by atoms with Gasteiger partial charge in [0.1, 0.15) is 12.0 Å². The maximum atomic E-state index is 14.2. The predicted molar refractivity (Wildman–Crippen MR) is 101 cm³/mol. The van der Waals surface area contributed by atoms with Crippen LogP contribution in [0.4, 0.5) is 14.7 Å². The second kappa shape index (κ2) is 7.57. The van der Waals surface area contributed by atoms with Gasteiger partial charge in [-0.3, -0.25) is 4.98 Å². The molecule has 1 N–H and O–H groups in total. The van der Waals surface area contributed by atoms with E-state index in [2.05, 4.69) is 25.0 Å². The number of nitrogens with zero attached hydrogens (tertiary/aromatic N) is 4. The highest BCUT2D eigenvalue weighted by molar-refractivity contribution is 5.89. The van der Waals surface area contributed by atoms with E-state index in [1.165, 1.54) is 25.4 Å². The molecule has 0 spiro atoms. The summed E-state index contributed by atoms with van der Waals surface area (Å²) in [6.45, 7) is 0.275. The van der Waals surface area contributed by atoms with Crippen LogP contribution in [0.2, 0.25) is 0 Å². The summed E-state index contributed by atoms with van der Waals surface area (Å²) >= 11 is 0. The molecule has 150 valence electrons. The molecule has 3 heterocycles. The van der Waals surface area contributed by atoms with Gasteiger partial charge in [0.25, 0.3) is 0 Å². The Hall–Kier alpha value is -3.36. The van der Waals surface area contributed by atoms with Crippen LogP contribution in [0.3, 0.4) is 0 Å². The number of anilines is 1. The van der Waals surface area contributed by atoms with Gasteiger partial charge >= 0.3 is 5.97 Å². The summed E-state index contributed by atoms with van der Waals surface area (Å²) in [6.07, 6.45) is 7.43. The van der Waals surface area contributed by atoms with Crippen molar-refractivity contribution < 1.29 is 18.3 Å². The van der Waals surface area contributed by atoms with Crippen LogP contribution in [0.25, 0.3) is 5.69 Å². The largest absolute Gasteiger partial charge is 0.465 e. The molecule has 9 heteroatoms. The Kier molecular flexibility index (Phi) is 4.96. The first-order chi connectivity index (χ1) is 14.0. The van der Waals surface area contributed by atoms with Crippen LogP contribution in [0.1, 0.15) is 28.9 Å². The summed E-state index contributed by atoms with van der Waals surface area (Å²) in [5.41, 5.74) is 0.618. The van der Waals surface area contributed by atoms with Crippen molar-refractivity contribution in [2.45, 2.75) is 24.4 Å². The minimum Gasteiger partial charge on any atom is -0.465 e. The SMILES string of the molecule is COC(=O)c1ccn(-c2cnc(NC[C@]3(c4ncccc4F)C[C@H](F)C3)nc2)c1. The number of rotatable bonds is 6. The zero-order valence-electron chi connectivity index (χ0n) is 15.7. The van der Waals surface area contributed by atoms with Crippen LogP contribution >= 0.6 is 0 Å². The molecule has 1 fully saturated rings. The number of hydrogen-bond acceptors (Lipinski definition) is 6. The molecule has 0 saturated heterocycles. The molecule has 0 amide bonds. The van der Waals surface area contributed by atoms with Gasteiger partial charge in [0.05, 0.1) is 36.4 Å². The van der Waals surface area contributed by atoms with Crippen molar-refractivity contribution in [2.24, 2.45) is 0 Å². The Morgan fingerprint density at radius 3 is 2.72 bits per heavy atom. The van der Waals surface area contributed by atoms with Crippen molar-refractivity contribution in [2.75, 3.05) is 19.0 Å². The first-order valence-corrected chi connectivity index (χ1v) is 9.08. The van der Waals surface area contributed by atoms with Gasteiger partial charge in [-0.15, -0.1) is 0 Å². The Balaban J connectivity index is 1.47. The van der Waals surface area contributed by atoms with Gasteiger partial charge in [-0.1, -0.05) is 0 Å². The molecular formula is C20H19F2N5O2. The lowest BCUT2D eigenvalue weighted by molar-refractivity contribution is 0.0601. The number of halogens is 2. The van der Waals surface area contributed by atoms with Crippen molar-refractivity contribution in [3.8, 4) is 5.69 Å². The van der Waals surface area contributed by atoms with Crippen molar-refractivity contribution in [3.05, 3.63) is 66.3 Å². The van der Waals surface area contributed by atoms with Gasteiger partial charge < -0.3 is 14.6 Å². The van der Waals surface area contributed by atoms with E-state index in [0.717, 1.165) is 0 Å². The molecule has 0 aliphatic heterocycles. The average Bonchev–Trinajstić information content (AvgIpc) is 3.21. The molecule has 0 radical (unpaired) electrons. The second-order valence-corrected chi connectivity index (χ2v) is 7.04. The summed E-state index contributed by atoms with van der Waals surface area (Å²) < 4.78 is 34.2. The molecule has 7 nitrogen and oxygen atoms in total. The lowest BCUT2D eigenvalue weighted by Gasteiger charge is -2.43. The number of methoxy groups -OCH3 is 1. The zero-order chi connectivity index (χ0) is 20.4. The van der Waals surface area contributed by atoms with Gasteiger partial charge in [0.2, 0.25) is 5.95 Å². The van der Waals surface area contributed by atoms with E-state index >= 15 is 0 Å². The third kappa shape index (κ3) is 3.67. The van der Waals surface area contributed by atoms with Gasteiger partial charge in [-0.25, -0.2) is 23.5 Å². The number of alkyl halides is 1. The lowest BCUT2D eigenvalue weighted by Crippen LogP contribution is -2.49. The zero-order valence-corrected chi connectivity index (χ0v) is 15.7. The normalized spacial score (nSPS) is 20.7. The van der Waals surface area contributed by atoms with Gasteiger partial charge in [-0.05, 0) is 31.0 Å². The highest BCUT2D eigenvalue weighted by Crippen LogP contribution is 2.45. The monoisotopic (exact) mass is 399 g/mol. The van der Waals surface area contributed by atoms with E-state index in [4.69, 9.17) is 0 Å². The Morgan fingerprint density at radius 1 is 1.31 bits per heavy atom. The number of aromatic nitrogens is 4. The number of pyridine rings is 1. The van der Waals surface area contributed by atoms with E-state index in [9.17, 15) is 13.6 Å². The van der Waals surface area contributed by atoms with E-state index in [1.807, 2.05) is 0 Å². The first kappa shape index (κ1) is 19.0. The molecule has 3 aromatic rings. The fraction of sp³-hybridized carbons (Fsp3) is 0.300. The number of hydrogen-bond donors (Lipinski definition) is 1. The van der Waals surface area contributed by atoms with Crippen LogP contribution in [0.15, 0.2) is 49.2 Å². The summed E-state index contributed by atoms with van der Waals surface area (Å²) in [5, 5.41) is 3.07. The number of ether oxygens (including phenoxy) is 1. The van der Waals surface area contributed by atoms with Crippen LogP contribution < -0.4 is 5.32 Å². The van der Waals surface area contributed by atoms with Crippen molar-refractivity contribution >= 4 is 11.9 Å². The fourth-order valence-corrected chi connectivity index (χ4v) is 3.58. The molecule has 4 rings (SSSR count). The minimum absolute atomic E-state index is 0.200. The van der Waals surface area contributed by atoms with E-state index in [1.54, 1.807) is 35.4 Å². The molecule has 1 aliphatic rings. The fourth-order valence-electron chi connectivity index (χ4n) is 3.58. The molecule has 0 unspecified atom stereocenters. The van der Waals surface area contributed by atoms with Crippen LogP contribution in [-0.4, -0.2) is 45.3 Å². The Morgan fingerprint density at radius 2 is 2.07 bits per heavy atom. The van der Waals surface area contributed by atoms with Crippen LogP contribution in [0.5, 0.6) is 0 Å². The lowest BCUT2D eigenvalue weighted by atomic mass is 9.65. The second-order valence-electron chi connectivity index (χ2n) is 7.04. The van der Waals surface area contributed by atoms with Crippen molar-refractivity contribution in [1.82, 2.24) is 19.5 Å². The molecule has 1 saturated carbocycles. The summed E-state index contributed by atoms with van der Waals surface area (Å²) in [5.74, 6) is -0.528. The minimum atomic E-state index is -0.973. The Labute approximate surface area is 165 Å². The van der Waals surface area contributed by atoms with E-state index < -0.39 is 23.4 Å². The molecule has 0 bridgehead atoms. The topological polar surface area (TPSA) is 81.9 Å².